The Morgan fingerprint density at radius 1 is 1.35 bits per heavy atom. The van der Waals surface area contributed by atoms with Gasteiger partial charge in [0.15, 0.2) is 0 Å². The normalized spacial score (nSPS) is 22.3. The van der Waals surface area contributed by atoms with Crippen LogP contribution in [0, 0.1) is 11.3 Å². The average molecular weight is 283 g/mol. The van der Waals surface area contributed by atoms with E-state index in [2.05, 4.69) is 17.3 Å². The van der Waals surface area contributed by atoms with Crippen LogP contribution in [0.1, 0.15) is 25.7 Å². The molecule has 0 unspecified atom stereocenters. The predicted octanol–water partition coefficient (Wildman–Crippen LogP) is 0.834. The van der Waals surface area contributed by atoms with Crippen molar-refractivity contribution in [2.45, 2.75) is 25.7 Å². The van der Waals surface area contributed by atoms with Gasteiger partial charge in [0.1, 0.15) is 0 Å². The van der Waals surface area contributed by atoms with Crippen molar-refractivity contribution in [2.24, 2.45) is 11.3 Å². The third-order valence-corrected chi connectivity index (χ3v) is 4.60. The van der Waals surface area contributed by atoms with Gasteiger partial charge in [-0.3, -0.25) is 4.79 Å². The van der Waals surface area contributed by atoms with E-state index in [0.29, 0.717) is 18.8 Å². The number of carboxylic acid groups (broad SMARTS) is 1. The molecular formula is C14H25N3O3. The largest absolute Gasteiger partial charge is 0.481 e. The van der Waals surface area contributed by atoms with E-state index in [-0.39, 0.29) is 12.6 Å². The summed E-state index contributed by atoms with van der Waals surface area (Å²) < 4.78 is 0. The molecule has 114 valence electrons. The average Bonchev–Trinajstić information content (AvgIpc) is 3.20. The van der Waals surface area contributed by atoms with Crippen molar-refractivity contribution in [1.82, 2.24) is 15.1 Å². The second kappa shape index (κ2) is 5.99. The smallest absolute Gasteiger partial charge is 0.317 e. The van der Waals surface area contributed by atoms with E-state index in [1.165, 1.54) is 0 Å². The lowest BCUT2D eigenvalue weighted by molar-refractivity contribution is -0.143. The maximum absolute atomic E-state index is 12.0. The van der Waals surface area contributed by atoms with Gasteiger partial charge in [0.2, 0.25) is 0 Å². The molecule has 0 aromatic rings. The van der Waals surface area contributed by atoms with Gasteiger partial charge in [-0.15, -0.1) is 0 Å². The van der Waals surface area contributed by atoms with Gasteiger partial charge in [0.25, 0.3) is 0 Å². The predicted molar refractivity (Wildman–Crippen MR) is 75.6 cm³/mol. The Morgan fingerprint density at radius 2 is 1.95 bits per heavy atom. The third-order valence-electron chi connectivity index (χ3n) is 4.60. The van der Waals surface area contributed by atoms with Crippen molar-refractivity contribution in [3.8, 4) is 0 Å². The molecule has 0 bridgehead atoms. The molecule has 2 amide bonds. The van der Waals surface area contributed by atoms with E-state index in [1.54, 1.807) is 11.9 Å². The number of amides is 2. The first-order valence-corrected chi connectivity index (χ1v) is 7.34. The van der Waals surface area contributed by atoms with Gasteiger partial charge >= 0.3 is 12.0 Å². The van der Waals surface area contributed by atoms with Crippen LogP contribution in [0.15, 0.2) is 0 Å². The van der Waals surface area contributed by atoms with Crippen LogP contribution in [0.2, 0.25) is 0 Å². The van der Waals surface area contributed by atoms with Crippen LogP contribution in [-0.4, -0.2) is 67.2 Å². The standard InChI is InChI=1S/C14H25N3O3/c1-16-7-3-11(4-8-16)9-17(2)13(20)15-10-14(5-6-14)12(18)19/h11H,3-10H2,1-2H3,(H,15,20)(H,18,19). The Bertz CT molecular complexity index is 374. The molecule has 0 spiro atoms. The number of hydrogen-bond donors (Lipinski definition) is 2. The summed E-state index contributed by atoms with van der Waals surface area (Å²) in [4.78, 5) is 27.0. The van der Waals surface area contributed by atoms with Gasteiger partial charge < -0.3 is 20.2 Å². The Hall–Kier alpha value is -1.30. The van der Waals surface area contributed by atoms with Crippen molar-refractivity contribution >= 4 is 12.0 Å². The van der Waals surface area contributed by atoms with Crippen LogP contribution in [0.3, 0.4) is 0 Å². The van der Waals surface area contributed by atoms with E-state index in [1.807, 2.05) is 0 Å². The summed E-state index contributed by atoms with van der Waals surface area (Å²) >= 11 is 0. The summed E-state index contributed by atoms with van der Waals surface area (Å²) in [5.74, 6) is -0.243. The van der Waals surface area contributed by atoms with E-state index in [4.69, 9.17) is 5.11 Å². The summed E-state index contributed by atoms with van der Waals surface area (Å²) in [6, 6.07) is -0.156. The fourth-order valence-electron chi connectivity index (χ4n) is 2.71. The minimum absolute atomic E-state index is 0.156. The lowest BCUT2D eigenvalue weighted by atomic mass is 9.97. The summed E-state index contributed by atoms with van der Waals surface area (Å²) in [5.41, 5.74) is -0.690. The highest BCUT2D eigenvalue weighted by atomic mass is 16.4. The summed E-state index contributed by atoms with van der Waals surface area (Å²) in [6.07, 6.45) is 3.57. The maximum atomic E-state index is 12.0. The fraction of sp³-hybridized carbons (Fsp3) is 0.857. The number of piperidine rings is 1. The number of nitrogens with one attached hydrogen (secondary N) is 1. The number of carboxylic acids is 1. The molecule has 0 aromatic heterocycles. The summed E-state index contributed by atoms with van der Waals surface area (Å²) in [5, 5.41) is 11.8. The molecule has 20 heavy (non-hydrogen) atoms. The van der Waals surface area contributed by atoms with Gasteiger partial charge in [0, 0.05) is 20.1 Å². The first-order valence-electron chi connectivity index (χ1n) is 7.34. The first kappa shape index (κ1) is 15.1. The van der Waals surface area contributed by atoms with Crippen molar-refractivity contribution in [3.05, 3.63) is 0 Å². The maximum Gasteiger partial charge on any atom is 0.317 e. The topological polar surface area (TPSA) is 72.9 Å². The molecule has 1 saturated carbocycles. The van der Waals surface area contributed by atoms with Crippen LogP contribution in [0.25, 0.3) is 0 Å². The van der Waals surface area contributed by atoms with E-state index >= 15 is 0 Å². The fourth-order valence-corrected chi connectivity index (χ4v) is 2.71. The van der Waals surface area contributed by atoms with Gasteiger partial charge in [-0.2, -0.15) is 0 Å². The molecule has 2 rings (SSSR count). The number of rotatable bonds is 5. The van der Waals surface area contributed by atoms with Gasteiger partial charge in [-0.1, -0.05) is 0 Å². The molecule has 0 radical (unpaired) electrons. The Morgan fingerprint density at radius 3 is 2.45 bits per heavy atom. The van der Waals surface area contributed by atoms with Crippen molar-refractivity contribution < 1.29 is 14.7 Å². The first-order chi connectivity index (χ1) is 9.43. The minimum Gasteiger partial charge on any atom is -0.481 e. The molecule has 1 saturated heterocycles. The third kappa shape index (κ3) is 3.62. The van der Waals surface area contributed by atoms with Crippen LogP contribution in [0.5, 0.6) is 0 Å². The molecule has 1 heterocycles. The monoisotopic (exact) mass is 283 g/mol. The van der Waals surface area contributed by atoms with Crippen LogP contribution in [0.4, 0.5) is 4.79 Å². The Balaban J connectivity index is 1.71. The zero-order valence-corrected chi connectivity index (χ0v) is 12.4. The number of carbonyl (C=O) groups excluding carboxylic acids is 1. The van der Waals surface area contributed by atoms with Crippen molar-refractivity contribution in [3.63, 3.8) is 0 Å². The SMILES string of the molecule is CN1CCC(CN(C)C(=O)NCC2(C(=O)O)CC2)CC1. The highest BCUT2D eigenvalue weighted by Gasteiger charge is 2.50. The number of nitrogens with zero attached hydrogens (tertiary/aromatic N) is 2. The van der Waals surface area contributed by atoms with E-state index in [0.717, 1.165) is 32.5 Å². The zero-order valence-electron chi connectivity index (χ0n) is 12.4. The molecule has 1 aliphatic carbocycles. The van der Waals surface area contributed by atoms with Gasteiger partial charge in [-0.05, 0) is 51.7 Å². The Kier molecular flexibility index (Phi) is 4.52. The highest BCUT2D eigenvalue weighted by Crippen LogP contribution is 2.45. The quantitative estimate of drug-likeness (QED) is 0.784. The van der Waals surface area contributed by atoms with E-state index < -0.39 is 11.4 Å². The van der Waals surface area contributed by atoms with Gasteiger partial charge in [0.05, 0.1) is 5.41 Å². The summed E-state index contributed by atoms with van der Waals surface area (Å²) in [7, 11) is 3.90. The minimum atomic E-state index is -0.796. The Labute approximate surface area is 120 Å². The van der Waals surface area contributed by atoms with Crippen LogP contribution < -0.4 is 5.32 Å². The number of urea groups is 1. The lowest BCUT2D eigenvalue weighted by Crippen LogP contribution is -2.44. The molecule has 0 atom stereocenters. The lowest BCUT2D eigenvalue weighted by Gasteiger charge is -2.31. The van der Waals surface area contributed by atoms with Crippen molar-refractivity contribution in [2.75, 3.05) is 40.3 Å². The zero-order chi connectivity index (χ0) is 14.8. The van der Waals surface area contributed by atoms with Gasteiger partial charge in [-0.25, -0.2) is 4.79 Å². The highest BCUT2D eigenvalue weighted by molar-refractivity contribution is 5.80. The molecule has 2 fully saturated rings. The molecule has 6 nitrogen and oxygen atoms in total. The second-order valence-corrected chi connectivity index (χ2v) is 6.37. The molecule has 2 N–H and O–H groups in total. The molecular weight excluding hydrogens is 258 g/mol. The molecule has 0 aromatic carbocycles. The molecule has 1 aliphatic heterocycles. The summed E-state index contributed by atoms with van der Waals surface area (Å²) in [6.45, 7) is 3.17. The van der Waals surface area contributed by atoms with Crippen molar-refractivity contribution in [1.29, 1.82) is 0 Å². The number of carbonyl (C=O) groups is 2. The number of hydrogen-bond acceptors (Lipinski definition) is 3. The number of aliphatic carboxylic acids is 1. The van der Waals surface area contributed by atoms with Crippen LogP contribution >= 0.6 is 0 Å². The van der Waals surface area contributed by atoms with Crippen LogP contribution in [-0.2, 0) is 4.79 Å². The molecule has 6 heteroatoms. The second-order valence-electron chi connectivity index (χ2n) is 6.37. The number of likely N-dealkylation sites (tertiary alicyclic amines) is 1. The molecule has 2 aliphatic rings. The van der Waals surface area contributed by atoms with E-state index in [9.17, 15) is 9.59 Å².